The van der Waals surface area contributed by atoms with E-state index in [1.807, 2.05) is 14.0 Å². The monoisotopic (exact) mass is 331 g/mol. The van der Waals surface area contributed by atoms with E-state index < -0.39 is 0 Å². The van der Waals surface area contributed by atoms with Gasteiger partial charge in [-0.15, -0.1) is 5.10 Å². The van der Waals surface area contributed by atoms with E-state index in [9.17, 15) is 4.39 Å². The number of halogens is 1. The van der Waals surface area contributed by atoms with Crippen molar-refractivity contribution in [2.75, 3.05) is 12.4 Å². The van der Waals surface area contributed by atoms with Gasteiger partial charge < -0.3 is 14.5 Å². The lowest BCUT2D eigenvalue weighted by Gasteiger charge is -2.05. The van der Waals surface area contributed by atoms with Crippen LogP contribution in [-0.2, 0) is 20.0 Å². The van der Waals surface area contributed by atoms with E-state index in [1.165, 1.54) is 6.07 Å². The Labute approximate surface area is 138 Å². The second-order valence-corrected chi connectivity index (χ2v) is 5.32. The molecule has 126 valence electrons. The number of nitrogens with zero attached hydrogens (tertiary/aromatic N) is 4. The summed E-state index contributed by atoms with van der Waals surface area (Å²) >= 11 is 0. The normalized spacial score (nSPS) is 10.8. The third-order valence-electron chi connectivity index (χ3n) is 3.66. The molecular formula is C16H18FN5O2. The summed E-state index contributed by atoms with van der Waals surface area (Å²) in [4.78, 5) is 0. The highest BCUT2D eigenvalue weighted by Gasteiger charge is 2.15. The van der Waals surface area contributed by atoms with Crippen LogP contribution in [0.1, 0.15) is 22.7 Å². The van der Waals surface area contributed by atoms with Gasteiger partial charge in [0.1, 0.15) is 5.82 Å². The van der Waals surface area contributed by atoms with Crippen LogP contribution in [-0.4, -0.2) is 27.1 Å². The highest BCUT2D eigenvalue weighted by atomic mass is 19.1. The van der Waals surface area contributed by atoms with Gasteiger partial charge in [0.2, 0.25) is 11.8 Å². The molecule has 0 radical (unpaired) electrons. The molecule has 8 heteroatoms. The predicted octanol–water partition coefficient (Wildman–Crippen LogP) is 2.46. The Balaban J connectivity index is 1.68. The topological polar surface area (TPSA) is 78.0 Å². The summed E-state index contributed by atoms with van der Waals surface area (Å²) in [5.74, 6) is 0.726. The maximum Gasteiger partial charge on any atom is 0.315 e. The number of anilines is 1. The Bertz CT molecular complexity index is 843. The number of hydrogen-bond donors (Lipinski definition) is 1. The Morgan fingerprint density at radius 1 is 1.29 bits per heavy atom. The molecule has 0 spiro atoms. The van der Waals surface area contributed by atoms with E-state index in [0.717, 1.165) is 11.3 Å². The van der Waals surface area contributed by atoms with Gasteiger partial charge in [-0.05, 0) is 18.6 Å². The summed E-state index contributed by atoms with van der Waals surface area (Å²) in [6.45, 7) is 2.33. The average Bonchev–Trinajstić information content (AvgIpc) is 3.11. The molecule has 3 rings (SSSR count). The van der Waals surface area contributed by atoms with Crippen molar-refractivity contribution >= 4 is 6.01 Å². The number of methoxy groups -OCH3 is 1. The average molecular weight is 331 g/mol. The summed E-state index contributed by atoms with van der Waals surface area (Å²) in [6.07, 6.45) is 0.247. The van der Waals surface area contributed by atoms with Crippen LogP contribution >= 0.6 is 0 Å². The Kier molecular flexibility index (Phi) is 4.45. The van der Waals surface area contributed by atoms with Crippen molar-refractivity contribution in [1.82, 2.24) is 20.0 Å². The molecule has 0 saturated heterocycles. The molecule has 0 fully saturated rings. The highest BCUT2D eigenvalue weighted by Crippen LogP contribution is 2.22. The summed E-state index contributed by atoms with van der Waals surface area (Å²) in [5, 5.41) is 15.2. The second-order valence-electron chi connectivity index (χ2n) is 5.32. The van der Waals surface area contributed by atoms with Gasteiger partial charge in [0, 0.05) is 7.05 Å². The van der Waals surface area contributed by atoms with E-state index in [1.54, 1.807) is 30.0 Å². The van der Waals surface area contributed by atoms with Gasteiger partial charge in [0.05, 0.1) is 31.3 Å². The molecule has 3 aromatic rings. The van der Waals surface area contributed by atoms with E-state index in [-0.39, 0.29) is 18.3 Å². The standard InChI is InChI=1S/C16H18FN5O2/c1-10-12(15(23-3)22(2)21-10)9-18-16-20-19-14(24-16)8-11-6-4-5-7-13(11)17/h4-7H,8-9H2,1-3H3,(H,18,20). The fourth-order valence-corrected chi connectivity index (χ4v) is 2.50. The molecule has 0 saturated carbocycles. The van der Waals surface area contributed by atoms with Crippen molar-refractivity contribution in [1.29, 1.82) is 0 Å². The van der Waals surface area contributed by atoms with Gasteiger partial charge in [-0.1, -0.05) is 23.3 Å². The molecule has 0 aliphatic carbocycles. The molecule has 0 amide bonds. The largest absolute Gasteiger partial charge is 0.481 e. The Hall–Kier alpha value is -2.90. The van der Waals surface area contributed by atoms with Crippen molar-refractivity contribution in [3.8, 4) is 5.88 Å². The molecule has 0 unspecified atom stereocenters. The van der Waals surface area contributed by atoms with Gasteiger partial charge in [-0.3, -0.25) is 0 Å². The number of nitrogens with one attached hydrogen (secondary N) is 1. The first-order chi connectivity index (χ1) is 11.6. The molecule has 0 bridgehead atoms. The number of benzene rings is 1. The summed E-state index contributed by atoms with van der Waals surface area (Å²) in [6, 6.07) is 6.78. The number of ether oxygens (including phenoxy) is 1. The lowest BCUT2D eigenvalue weighted by molar-refractivity contribution is 0.369. The van der Waals surface area contributed by atoms with Crippen molar-refractivity contribution < 1.29 is 13.5 Å². The number of aromatic nitrogens is 4. The molecule has 0 aliphatic heterocycles. The van der Waals surface area contributed by atoms with Crippen LogP contribution in [0.25, 0.3) is 0 Å². The van der Waals surface area contributed by atoms with Crippen molar-refractivity contribution in [3.63, 3.8) is 0 Å². The van der Waals surface area contributed by atoms with Crippen LogP contribution in [0.4, 0.5) is 10.4 Å². The van der Waals surface area contributed by atoms with Crippen LogP contribution in [0, 0.1) is 12.7 Å². The van der Waals surface area contributed by atoms with Gasteiger partial charge in [0.15, 0.2) is 0 Å². The molecule has 1 N–H and O–H groups in total. The fraction of sp³-hybridized carbons (Fsp3) is 0.312. The molecule has 0 aliphatic rings. The molecular weight excluding hydrogens is 313 g/mol. The first-order valence-corrected chi connectivity index (χ1v) is 7.44. The predicted molar refractivity (Wildman–Crippen MR) is 85.3 cm³/mol. The quantitative estimate of drug-likeness (QED) is 0.747. The van der Waals surface area contributed by atoms with Gasteiger partial charge in [0.25, 0.3) is 0 Å². The number of aryl methyl sites for hydroxylation is 2. The van der Waals surface area contributed by atoms with Crippen LogP contribution in [0.3, 0.4) is 0 Å². The molecule has 2 aromatic heterocycles. The van der Waals surface area contributed by atoms with Crippen LogP contribution in [0.2, 0.25) is 0 Å². The van der Waals surface area contributed by atoms with Crippen molar-refractivity contribution in [2.45, 2.75) is 19.9 Å². The SMILES string of the molecule is COc1c(CNc2nnc(Cc3ccccc3F)o2)c(C)nn1C. The third kappa shape index (κ3) is 3.22. The minimum atomic E-state index is -0.291. The summed E-state index contributed by atoms with van der Waals surface area (Å²) in [5.41, 5.74) is 2.28. The summed E-state index contributed by atoms with van der Waals surface area (Å²) in [7, 11) is 3.41. The Morgan fingerprint density at radius 2 is 2.08 bits per heavy atom. The first kappa shape index (κ1) is 16.0. The molecule has 2 heterocycles. The van der Waals surface area contributed by atoms with Crippen LogP contribution in [0.15, 0.2) is 28.7 Å². The van der Waals surface area contributed by atoms with E-state index in [0.29, 0.717) is 23.9 Å². The maximum atomic E-state index is 13.7. The lowest BCUT2D eigenvalue weighted by Crippen LogP contribution is -2.03. The zero-order valence-electron chi connectivity index (χ0n) is 13.7. The fourth-order valence-electron chi connectivity index (χ4n) is 2.50. The zero-order valence-corrected chi connectivity index (χ0v) is 13.7. The summed E-state index contributed by atoms with van der Waals surface area (Å²) < 4.78 is 26.2. The minimum absolute atomic E-state index is 0.247. The van der Waals surface area contributed by atoms with Gasteiger partial charge in [-0.25, -0.2) is 9.07 Å². The zero-order chi connectivity index (χ0) is 17.1. The van der Waals surface area contributed by atoms with Crippen LogP contribution < -0.4 is 10.1 Å². The van der Waals surface area contributed by atoms with Gasteiger partial charge in [-0.2, -0.15) is 5.10 Å². The van der Waals surface area contributed by atoms with Crippen molar-refractivity contribution in [2.24, 2.45) is 7.05 Å². The molecule has 1 aromatic carbocycles. The van der Waals surface area contributed by atoms with E-state index >= 15 is 0 Å². The maximum absolute atomic E-state index is 13.7. The van der Waals surface area contributed by atoms with Gasteiger partial charge >= 0.3 is 6.01 Å². The third-order valence-corrected chi connectivity index (χ3v) is 3.66. The molecule has 0 atom stereocenters. The highest BCUT2D eigenvalue weighted by molar-refractivity contribution is 5.34. The van der Waals surface area contributed by atoms with Crippen LogP contribution in [0.5, 0.6) is 5.88 Å². The minimum Gasteiger partial charge on any atom is -0.481 e. The second kappa shape index (κ2) is 6.69. The molecule has 24 heavy (non-hydrogen) atoms. The Morgan fingerprint density at radius 3 is 2.83 bits per heavy atom. The lowest BCUT2D eigenvalue weighted by atomic mass is 10.1. The first-order valence-electron chi connectivity index (χ1n) is 7.44. The number of rotatable bonds is 6. The van der Waals surface area contributed by atoms with E-state index in [2.05, 4.69) is 20.6 Å². The van der Waals surface area contributed by atoms with Crippen molar-refractivity contribution in [3.05, 3.63) is 52.8 Å². The van der Waals surface area contributed by atoms with E-state index in [4.69, 9.17) is 9.15 Å². The molecule has 7 nitrogen and oxygen atoms in total. The smallest absolute Gasteiger partial charge is 0.315 e. The number of hydrogen-bond acceptors (Lipinski definition) is 6.